The second-order valence-corrected chi connectivity index (χ2v) is 4.20. The van der Waals surface area contributed by atoms with Gasteiger partial charge in [-0.1, -0.05) is 0 Å². The van der Waals surface area contributed by atoms with E-state index < -0.39 is 11.8 Å². The lowest BCUT2D eigenvalue weighted by Crippen LogP contribution is -2.41. The number of aromatic nitrogens is 2. The zero-order chi connectivity index (χ0) is 14.5. The van der Waals surface area contributed by atoms with Crippen molar-refractivity contribution in [1.29, 1.82) is 0 Å². The van der Waals surface area contributed by atoms with Gasteiger partial charge in [0.1, 0.15) is 0 Å². The molecule has 0 aliphatic carbocycles. The van der Waals surface area contributed by atoms with E-state index in [1.54, 1.807) is 31.5 Å². The monoisotopic (exact) mass is 276 g/mol. The average molecular weight is 276 g/mol. The molecule has 0 saturated carbocycles. The van der Waals surface area contributed by atoms with Gasteiger partial charge in [-0.25, -0.2) is 4.98 Å². The highest BCUT2D eigenvalue weighted by molar-refractivity contribution is 6.39. The van der Waals surface area contributed by atoms with Gasteiger partial charge < -0.3 is 20.3 Å². The highest BCUT2D eigenvalue weighted by atomic mass is 16.3. The minimum absolute atomic E-state index is 0.141. The van der Waals surface area contributed by atoms with Crippen molar-refractivity contribution in [3.63, 3.8) is 0 Å². The van der Waals surface area contributed by atoms with Crippen molar-refractivity contribution in [3.8, 4) is 0 Å². The first kappa shape index (κ1) is 14.0. The van der Waals surface area contributed by atoms with E-state index in [-0.39, 0.29) is 13.2 Å². The van der Waals surface area contributed by atoms with Crippen LogP contribution in [0, 0.1) is 0 Å². The van der Waals surface area contributed by atoms with Crippen LogP contribution >= 0.6 is 0 Å². The molecule has 7 nitrogen and oxygen atoms in total. The number of rotatable bonds is 4. The molecule has 1 aromatic heterocycles. The molecular weight excluding hydrogens is 260 g/mol. The van der Waals surface area contributed by atoms with Gasteiger partial charge in [0.2, 0.25) is 0 Å². The SMILES string of the molecule is CCN(CCO)C(=O)C(=O)Nc1ccc2nc[nH]c2c1. The predicted octanol–water partition coefficient (Wildman–Crippen LogP) is 0.342. The van der Waals surface area contributed by atoms with Crippen LogP contribution in [0.25, 0.3) is 11.0 Å². The van der Waals surface area contributed by atoms with Crippen LogP contribution in [0.15, 0.2) is 24.5 Å². The Morgan fingerprint density at radius 2 is 2.25 bits per heavy atom. The molecular formula is C13H16N4O3. The van der Waals surface area contributed by atoms with Crippen molar-refractivity contribution in [3.05, 3.63) is 24.5 Å². The van der Waals surface area contributed by atoms with Crippen molar-refractivity contribution in [2.24, 2.45) is 0 Å². The smallest absolute Gasteiger partial charge is 0.313 e. The number of anilines is 1. The Labute approximate surface area is 115 Å². The third kappa shape index (κ3) is 2.94. The van der Waals surface area contributed by atoms with Crippen molar-refractivity contribution >= 4 is 28.5 Å². The summed E-state index contributed by atoms with van der Waals surface area (Å²) in [6, 6.07) is 5.13. The van der Waals surface area contributed by atoms with Crippen LogP contribution in [-0.2, 0) is 9.59 Å². The number of hydrogen-bond donors (Lipinski definition) is 3. The van der Waals surface area contributed by atoms with Gasteiger partial charge in [-0.15, -0.1) is 0 Å². The minimum Gasteiger partial charge on any atom is -0.395 e. The van der Waals surface area contributed by atoms with Crippen molar-refractivity contribution < 1.29 is 14.7 Å². The van der Waals surface area contributed by atoms with E-state index in [0.29, 0.717) is 12.2 Å². The number of aliphatic hydroxyl groups excluding tert-OH is 1. The molecule has 0 unspecified atom stereocenters. The maximum absolute atomic E-state index is 11.9. The molecule has 20 heavy (non-hydrogen) atoms. The lowest BCUT2D eigenvalue weighted by atomic mass is 10.2. The largest absolute Gasteiger partial charge is 0.395 e. The number of imidazole rings is 1. The first-order valence-electron chi connectivity index (χ1n) is 6.30. The van der Waals surface area contributed by atoms with E-state index in [0.717, 1.165) is 11.0 Å². The lowest BCUT2D eigenvalue weighted by Gasteiger charge is -2.18. The Morgan fingerprint density at radius 3 is 2.95 bits per heavy atom. The van der Waals surface area contributed by atoms with Gasteiger partial charge in [0, 0.05) is 18.8 Å². The number of fused-ring (bicyclic) bond motifs is 1. The number of carbonyl (C=O) groups is 2. The molecule has 3 N–H and O–H groups in total. The molecule has 0 atom stereocenters. The number of amides is 2. The molecule has 0 bridgehead atoms. The Hall–Kier alpha value is -2.41. The summed E-state index contributed by atoms with van der Waals surface area (Å²) in [6.07, 6.45) is 1.56. The molecule has 1 heterocycles. The van der Waals surface area contributed by atoms with Crippen molar-refractivity contribution in [2.75, 3.05) is 25.0 Å². The molecule has 0 radical (unpaired) electrons. The summed E-state index contributed by atoms with van der Waals surface area (Å²) in [5.74, 6) is -1.38. The second-order valence-electron chi connectivity index (χ2n) is 4.20. The topological polar surface area (TPSA) is 98.3 Å². The number of H-pyrrole nitrogens is 1. The summed E-state index contributed by atoms with van der Waals surface area (Å²) < 4.78 is 0. The maximum Gasteiger partial charge on any atom is 0.313 e. The standard InChI is InChI=1S/C13H16N4O3/c1-2-17(5-6-18)13(20)12(19)16-9-3-4-10-11(7-9)15-8-14-10/h3-4,7-8,18H,2,5-6H2,1H3,(H,14,15)(H,16,19). The van der Waals surface area contributed by atoms with Gasteiger partial charge in [-0.05, 0) is 25.1 Å². The average Bonchev–Trinajstić information content (AvgIpc) is 2.91. The van der Waals surface area contributed by atoms with E-state index >= 15 is 0 Å². The number of benzene rings is 1. The second kappa shape index (κ2) is 6.16. The van der Waals surface area contributed by atoms with Gasteiger partial charge in [0.15, 0.2) is 0 Å². The highest BCUT2D eigenvalue weighted by Crippen LogP contribution is 2.15. The van der Waals surface area contributed by atoms with Gasteiger partial charge in [0.05, 0.1) is 24.0 Å². The summed E-state index contributed by atoms with van der Waals surface area (Å²) in [4.78, 5) is 32.0. The summed E-state index contributed by atoms with van der Waals surface area (Å²) in [5.41, 5.74) is 2.07. The normalized spacial score (nSPS) is 10.5. The zero-order valence-electron chi connectivity index (χ0n) is 11.1. The van der Waals surface area contributed by atoms with Gasteiger partial charge in [0.25, 0.3) is 0 Å². The number of hydrogen-bond acceptors (Lipinski definition) is 4. The Bertz CT molecular complexity index is 623. The Balaban J connectivity index is 2.08. The van der Waals surface area contributed by atoms with Crippen LogP contribution < -0.4 is 5.32 Å². The fraction of sp³-hybridized carbons (Fsp3) is 0.308. The van der Waals surface area contributed by atoms with Crippen LogP contribution in [0.3, 0.4) is 0 Å². The first-order chi connectivity index (χ1) is 9.65. The van der Waals surface area contributed by atoms with Crippen LogP contribution in [0.5, 0.6) is 0 Å². The molecule has 0 spiro atoms. The van der Waals surface area contributed by atoms with Gasteiger partial charge in [-0.3, -0.25) is 9.59 Å². The molecule has 2 amide bonds. The van der Waals surface area contributed by atoms with Crippen LogP contribution in [0.1, 0.15) is 6.92 Å². The molecule has 7 heteroatoms. The molecule has 1 aromatic carbocycles. The number of aromatic amines is 1. The van der Waals surface area contributed by atoms with E-state index in [1.807, 2.05) is 0 Å². The van der Waals surface area contributed by atoms with Gasteiger partial charge >= 0.3 is 11.8 Å². The molecule has 0 aliphatic heterocycles. The summed E-state index contributed by atoms with van der Waals surface area (Å²) >= 11 is 0. The number of aliphatic hydroxyl groups is 1. The third-order valence-electron chi connectivity index (χ3n) is 2.91. The molecule has 2 rings (SSSR count). The first-order valence-corrected chi connectivity index (χ1v) is 6.30. The van der Waals surface area contributed by atoms with E-state index in [1.165, 1.54) is 4.90 Å². The molecule has 0 saturated heterocycles. The van der Waals surface area contributed by atoms with Crippen LogP contribution in [0.4, 0.5) is 5.69 Å². The van der Waals surface area contributed by atoms with E-state index in [2.05, 4.69) is 15.3 Å². The third-order valence-corrected chi connectivity index (χ3v) is 2.91. The molecule has 0 fully saturated rings. The van der Waals surface area contributed by atoms with E-state index in [9.17, 15) is 9.59 Å². The molecule has 106 valence electrons. The predicted molar refractivity (Wildman–Crippen MR) is 74.1 cm³/mol. The van der Waals surface area contributed by atoms with Crippen LogP contribution in [-0.4, -0.2) is 51.5 Å². The maximum atomic E-state index is 11.9. The molecule has 0 aliphatic rings. The van der Waals surface area contributed by atoms with Gasteiger partial charge in [-0.2, -0.15) is 0 Å². The fourth-order valence-corrected chi connectivity index (χ4v) is 1.87. The Morgan fingerprint density at radius 1 is 1.45 bits per heavy atom. The quantitative estimate of drug-likeness (QED) is 0.701. The van der Waals surface area contributed by atoms with Crippen molar-refractivity contribution in [1.82, 2.24) is 14.9 Å². The summed E-state index contributed by atoms with van der Waals surface area (Å²) in [7, 11) is 0. The number of likely N-dealkylation sites (N-methyl/N-ethyl adjacent to an activating group) is 1. The fourth-order valence-electron chi connectivity index (χ4n) is 1.87. The Kier molecular flexibility index (Phi) is 4.31. The number of carbonyl (C=O) groups excluding carboxylic acids is 2. The highest BCUT2D eigenvalue weighted by Gasteiger charge is 2.20. The summed E-state index contributed by atoms with van der Waals surface area (Å²) in [6.45, 7) is 2.08. The van der Waals surface area contributed by atoms with E-state index in [4.69, 9.17) is 5.11 Å². The van der Waals surface area contributed by atoms with Crippen molar-refractivity contribution in [2.45, 2.75) is 6.92 Å². The van der Waals surface area contributed by atoms with Crippen LogP contribution in [0.2, 0.25) is 0 Å². The number of nitrogens with one attached hydrogen (secondary N) is 2. The minimum atomic E-state index is -0.723. The lowest BCUT2D eigenvalue weighted by molar-refractivity contribution is -0.143. The molecule has 2 aromatic rings. The number of nitrogens with zero attached hydrogens (tertiary/aromatic N) is 2. The zero-order valence-corrected chi connectivity index (χ0v) is 11.1. The summed E-state index contributed by atoms with van der Waals surface area (Å²) in [5, 5.41) is 11.4.